The van der Waals surface area contributed by atoms with Crippen LogP contribution in [0.5, 0.6) is 0 Å². The molecule has 0 unspecified atom stereocenters. The molecule has 0 saturated heterocycles. The van der Waals surface area contributed by atoms with Crippen LogP contribution in [0.2, 0.25) is 0 Å². The van der Waals surface area contributed by atoms with Crippen molar-refractivity contribution in [1.82, 2.24) is 0 Å². The van der Waals surface area contributed by atoms with Gasteiger partial charge in [-0.25, -0.2) is 24.3 Å². The Morgan fingerprint density at radius 2 is 1.46 bits per heavy atom. The molecule has 0 heterocycles. The Morgan fingerprint density at radius 3 is 1.54 bits per heavy atom. The van der Waals surface area contributed by atoms with Crippen LogP contribution in [0.25, 0.3) is 0 Å². The minimum Gasteiger partial charge on any atom is -0.273 e. The van der Waals surface area contributed by atoms with E-state index in [1.807, 2.05) is 24.3 Å². The summed E-state index contributed by atoms with van der Waals surface area (Å²) in [5, 5.41) is 0. The third-order valence-electron chi connectivity index (χ3n) is 1.17. The van der Waals surface area contributed by atoms with E-state index in [1.54, 1.807) is 4.09 Å². The molecule has 0 N–H and O–H groups in total. The van der Waals surface area contributed by atoms with Gasteiger partial charge in [0.25, 0.3) is 0 Å². The Kier molecular flexibility index (Phi) is 10.7. The van der Waals surface area contributed by atoms with E-state index in [1.165, 1.54) is 0 Å². The molecule has 2 aliphatic rings. The quantitative estimate of drug-likeness (QED) is 0.476. The minimum absolute atomic E-state index is 1.01. The monoisotopic (exact) mass is 251 g/mol. The Balaban J connectivity index is 0.000000174. The number of hydrogen-bond donors (Lipinski definition) is 0. The van der Waals surface area contributed by atoms with E-state index in [9.17, 15) is 0 Å². The number of carbonyl (C=O) groups excluding carboxylic acids is 1. The molecule has 2 rings (SSSR count). The van der Waals surface area contributed by atoms with Gasteiger partial charge in [0.15, 0.2) is 0 Å². The summed E-state index contributed by atoms with van der Waals surface area (Å²) in [6.07, 6.45) is 20.0. The fourth-order valence-electron chi connectivity index (χ4n) is 0.680. The van der Waals surface area contributed by atoms with Gasteiger partial charge in [0.2, 0.25) is 0 Å². The molecular formula is C11H10NbO-2. The molecule has 0 amide bonds. The minimum atomic E-state index is 1.01. The predicted octanol–water partition coefficient (Wildman–Crippen LogP) is 2.21. The van der Waals surface area contributed by atoms with E-state index in [2.05, 4.69) is 24.3 Å². The Labute approximate surface area is 90.9 Å². The smallest absolute Gasteiger partial charge is 0.109 e. The summed E-state index contributed by atoms with van der Waals surface area (Å²) in [6, 6.07) is 0. The van der Waals surface area contributed by atoms with Crippen LogP contribution in [-0.4, -0.2) is 4.09 Å². The second-order valence-corrected chi connectivity index (χ2v) is 2.55. The first-order valence-electron chi connectivity index (χ1n) is 3.86. The predicted molar refractivity (Wildman–Crippen MR) is 48.8 cm³/mol. The van der Waals surface area contributed by atoms with Gasteiger partial charge >= 0.3 is 29.5 Å². The topological polar surface area (TPSA) is 17.1 Å². The van der Waals surface area contributed by atoms with Gasteiger partial charge in [-0.2, -0.15) is 12.2 Å². The van der Waals surface area contributed by atoms with Crippen LogP contribution in [0.4, 0.5) is 0 Å². The van der Waals surface area contributed by atoms with Gasteiger partial charge in [-0.1, -0.05) is 0 Å². The fraction of sp³-hybridized carbons (Fsp3) is 0.182. The zero-order chi connectivity index (χ0) is 9.78. The molecule has 0 aromatic rings. The zero-order valence-electron chi connectivity index (χ0n) is 7.23. The van der Waals surface area contributed by atoms with E-state index in [0.29, 0.717) is 0 Å². The maximum Gasteiger partial charge on any atom is -0.109 e. The summed E-state index contributed by atoms with van der Waals surface area (Å²) in [4.78, 5) is 8.70. The Bertz CT molecular complexity index is 211. The van der Waals surface area contributed by atoms with Gasteiger partial charge in [0.1, 0.15) is 0 Å². The molecule has 0 fully saturated rings. The summed E-state index contributed by atoms with van der Waals surface area (Å²) in [5.41, 5.74) is 0. The molecule has 1 nitrogen and oxygen atoms in total. The van der Waals surface area contributed by atoms with Crippen LogP contribution in [0.15, 0.2) is 36.5 Å². The van der Waals surface area contributed by atoms with Crippen molar-refractivity contribution in [2.24, 2.45) is 0 Å². The molecule has 2 aliphatic carbocycles. The van der Waals surface area contributed by atoms with E-state index < -0.39 is 0 Å². The maximum absolute atomic E-state index is 8.70. The van der Waals surface area contributed by atoms with Crippen molar-refractivity contribution in [1.29, 1.82) is 0 Å². The largest absolute Gasteiger partial charge is 0.273 e. The molecule has 0 radical (unpaired) electrons. The number of allylic oxidation sites excluding steroid dienone is 8. The number of hydrogen-bond acceptors (Lipinski definition) is 1. The van der Waals surface area contributed by atoms with E-state index >= 15 is 0 Å². The van der Waals surface area contributed by atoms with Crippen molar-refractivity contribution in [3.05, 3.63) is 48.6 Å². The van der Waals surface area contributed by atoms with Gasteiger partial charge in [-0.3, -0.25) is 12.2 Å². The van der Waals surface area contributed by atoms with Crippen LogP contribution < -0.4 is 0 Å². The third kappa shape index (κ3) is 11.3. The van der Waals surface area contributed by atoms with Gasteiger partial charge in [-0.05, 0) is 0 Å². The molecule has 0 saturated carbocycles. The first-order valence-corrected chi connectivity index (χ1v) is 4.96. The Morgan fingerprint density at radius 1 is 1.08 bits per heavy atom. The average molecular weight is 251 g/mol. The molecule has 67 valence electrons. The van der Waals surface area contributed by atoms with Crippen LogP contribution >= 0.6 is 0 Å². The zero-order valence-corrected chi connectivity index (χ0v) is 9.43. The first kappa shape index (κ1) is 12.3. The van der Waals surface area contributed by atoms with Crippen molar-refractivity contribution in [2.75, 3.05) is 0 Å². The van der Waals surface area contributed by atoms with Crippen molar-refractivity contribution < 1.29 is 25.4 Å². The molecule has 13 heavy (non-hydrogen) atoms. The standard InChI is InChI=1S/2C5H5.CO.Nb/c2*1-2-4-5-3-1;1-2;/h2*1-3H,4H2;;/q2*-1;;. The van der Waals surface area contributed by atoms with Gasteiger partial charge in [0.05, 0.1) is 0 Å². The molecule has 0 spiro atoms. The van der Waals surface area contributed by atoms with Crippen molar-refractivity contribution in [3.63, 3.8) is 0 Å². The first-order chi connectivity index (χ1) is 6.41. The van der Waals surface area contributed by atoms with Crippen molar-refractivity contribution >= 4 is 4.09 Å². The molecule has 2 heteroatoms. The molecule has 0 aliphatic heterocycles. The molecular weight excluding hydrogens is 241 g/mol. The molecule has 0 aromatic carbocycles. The summed E-state index contributed by atoms with van der Waals surface area (Å²) >= 11 is 1.05. The molecule has 0 aromatic heterocycles. The molecule has 0 bridgehead atoms. The van der Waals surface area contributed by atoms with Gasteiger partial charge in [0, 0.05) is 0 Å². The maximum atomic E-state index is 8.70. The van der Waals surface area contributed by atoms with E-state index in [4.69, 9.17) is 4.79 Å². The second-order valence-electron chi connectivity index (χ2n) is 2.10. The fourth-order valence-corrected chi connectivity index (χ4v) is 0.680. The van der Waals surface area contributed by atoms with Crippen LogP contribution in [0.3, 0.4) is 0 Å². The van der Waals surface area contributed by atoms with Gasteiger partial charge < -0.3 is 0 Å². The average Bonchev–Trinajstić information content (AvgIpc) is 2.85. The van der Waals surface area contributed by atoms with Crippen LogP contribution in [0.1, 0.15) is 12.8 Å². The molecule has 0 atom stereocenters. The van der Waals surface area contributed by atoms with Crippen molar-refractivity contribution in [3.8, 4) is 0 Å². The second kappa shape index (κ2) is 11.3. The van der Waals surface area contributed by atoms with Crippen LogP contribution in [-0.2, 0) is 25.4 Å². The normalized spacial score (nSPS) is 14.1. The summed E-state index contributed by atoms with van der Waals surface area (Å²) in [5.74, 6) is 0. The number of rotatable bonds is 0. The van der Waals surface area contributed by atoms with Gasteiger partial charge in [-0.15, -0.1) is 12.8 Å². The van der Waals surface area contributed by atoms with E-state index in [0.717, 1.165) is 33.4 Å². The van der Waals surface area contributed by atoms with Crippen LogP contribution in [0, 0.1) is 12.2 Å². The summed E-state index contributed by atoms with van der Waals surface area (Å²) in [6.45, 7) is 0. The van der Waals surface area contributed by atoms with Crippen molar-refractivity contribution in [2.45, 2.75) is 12.8 Å². The third-order valence-corrected chi connectivity index (χ3v) is 1.17. The van der Waals surface area contributed by atoms with E-state index in [-0.39, 0.29) is 0 Å². The SMILES string of the molecule is O=[C]=[Nb].[C-]1=CC=CC1.[C-]1=CC=CC1. The Hall–Kier alpha value is -0.720. The summed E-state index contributed by atoms with van der Waals surface area (Å²) < 4.78 is 1.55. The summed E-state index contributed by atoms with van der Waals surface area (Å²) in [7, 11) is 0.